The Kier molecular flexibility index (Phi) is 5.36. The molecule has 1 heterocycles. The van der Waals surface area contributed by atoms with Gasteiger partial charge < -0.3 is 19.9 Å². The van der Waals surface area contributed by atoms with Crippen LogP contribution in [0, 0.1) is 5.82 Å². The Morgan fingerprint density at radius 3 is 2.67 bits per heavy atom. The van der Waals surface area contributed by atoms with Crippen molar-refractivity contribution >= 4 is 11.8 Å². The van der Waals surface area contributed by atoms with Crippen molar-refractivity contribution in [2.75, 3.05) is 14.2 Å². The predicted octanol–water partition coefficient (Wildman–Crippen LogP) is 0.912. The van der Waals surface area contributed by atoms with Gasteiger partial charge in [-0.15, -0.1) is 0 Å². The number of benzene rings is 1. The van der Waals surface area contributed by atoms with Crippen molar-refractivity contribution in [3.8, 4) is 0 Å². The molecule has 0 saturated heterocycles. The van der Waals surface area contributed by atoms with Crippen LogP contribution in [0.25, 0.3) is 0 Å². The lowest BCUT2D eigenvalue weighted by Gasteiger charge is -2.12. The first-order valence-corrected chi connectivity index (χ1v) is 8.48. The Balaban J connectivity index is 1.96. The van der Waals surface area contributed by atoms with Crippen LogP contribution < -0.4 is 16.2 Å². The molecule has 1 aromatic heterocycles. The van der Waals surface area contributed by atoms with E-state index >= 15 is 0 Å². The maximum absolute atomic E-state index is 14.0. The standard InChI is InChI=1S/C19H20FN3O4/c1-21-18(25)13-7-12(17(24)22-15-8-16(15)27-2)10-23(19(13)26)9-11-5-3-4-6-14(11)20/h3-7,10,15-16H,8-9H2,1-2H3,(H,21,25)(H,22,24). The Morgan fingerprint density at radius 2 is 2.04 bits per heavy atom. The minimum Gasteiger partial charge on any atom is -0.379 e. The van der Waals surface area contributed by atoms with E-state index in [1.807, 2.05) is 0 Å². The van der Waals surface area contributed by atoms with Crippen molar-refractivity contribution in [1.29, 1.82) is 0 Å². The lowest BCUT2D eigenvalue weighted by molar-refractivity contribution is 0.0934. The SMILES string of the molecule is CNC(=O)c1cc(C(=O)NC2CC2OC)cn(Cc2ccccc2F)c1=O. The van der Waals surface area contributed by atoms with Gasteiger partial charge in [0, 0.05) is 25.9 Å². The Morgan fingerprint density at radius 1 is 1.30 bits per heavy atom. The second-order valence-corrected chi connectivity index (χ2v) is 6.34. The van der Waals surface area contributed by atoms with Crippen LogP contribution in [0.3, 0.4) is 0 Å². The van der Waals surface area contributed by atoms with Crippen molar-refractivity contribution in [1.82, 2.24) is 15.2 Å². The maximum Gasteiger partial charge on any atom is 0.263 e. The van der Waals surface area contributed by atoms with E-state index in [0.717, 1.165) is 0 Å². The van der Waals surface area contributed by atoms with Crippen LogP contribution in [-0.2, 0) is 11.3 Å². The molecule has 2 amide bonds. The summed E-state index contributed by atoms with van der Waals surface area (Å²) in [5, 5.41) is 5.17. The third-order valence-electron chi connectivity index (χ3n) is 4.47. The lowest BCUT2D eigenvalue weighted by atomic mass is 10.1. The zero-order valence-corrected chi connectivity index (χ0v) is 15.0. The van der Waals surface area contributed by atoms with E-state index in [2.05, 4.69) is 10.6 Å². The quantitative estimate of drug-likeness (QED) is 0.788. The molecule has 2 unspecified atom stereocenters. The summed E-state index contributed by atoms with van der Waals surface area (Å²) in [6.07, 6.45) is 2.01. The average molecular weight is 373 g/mol. The van der Waals surface area contributed by atoms with Gasteiger partial charge in [0.25, 0.3) is 17.4 Å². The van der Waals surface area contributed by atoms with E-state index in [1.54, 1.807) is 25.3 Å². The van der Waals surface area contributed by atoms with Gasteiger partial charge in [0.05, 0.1) is 24.3 Å². The number of methoxy groups -OCH3 is 1. The summed E-state index contributed by atoms with van der Waals surface area (Å²) in [4.78, 5) is 37.2. The Labute approximate surface area is 155 Å². The van der Waals surface area contributed by atoms with Gasteiger partial charge in [-0.25, -0.2) is 4.39 Å². The zero-order valence-electron chi connectivity index (χ0n) is 15.0. The van der Waals surface area contributed by atoms with Crippen LogP contribution >= 0.6 is 0 Å². The van der Waals surface area contributed by atoms with Crippen molar-refractivity contribution in [2.24, 2.45) is 0 Å². The summed E-state index contributed by atoms with van der Waals surface area (Å²) in [5.41, 5.74) is -0.358. The first kappa shape index (κ1) is 18.8. The number of nitrogens with zero attached hydrogens (tertiary/aromatic N) is 1. The van der Waals surface area contributed by atoms with Gasteiger partial charge >= 0.3 is 0 Å². The molecule has 142 valence electrons. The van der Waals surface area contributed by atoms with Gasteiger partial charge in [-0.3, -0.25) is 14.4 Å². The lowest BCUT2D eigenvalue weighted by Crippen LogP contribution is -2.35. The van der Waals surface area contributed by atoms with Gasteiger partial charge in [-0.1, -0.05) is 18.2 Å². The number of amides is 2. The normalized spacial score (nSPS) is 18.0. The minimum absolute atomic E-state index is 0.0309. The third kappa shape index (κ3) is 4.06. The number of carbonyl (C=O) groups excluding carboxylic acids is 2. The number of hydrogen-bond donors (Lipinski definition) is 2. The van der Waals surface area contributed by atoms with Gasteiger partial charge in [0.15, 0.2) is 0 Å². The summed E-state index contributed by atoms with van der Waals surface area (Å²) < 4.78 is 20.3. The van der Waals surface area contributed by atoms with E-state index in [0.29, 0.717) is 6.42 Å². The van der Waals surface area contributed by atoms with Crippen LogP contribution in [0.4, 0.5) is 4.39 Å². The fraction of sp³-hybridized carbons (Fsp3) is 0.316. The molecule has 0 spiro atoms. The van der Waals surface area contributed by atoms with Crippen LogP contribution in [-0.4, -0.2) is 42.7 Å². The van der Waals surface area contributed by atoms with E-state index in [9.17, 15) is 18.8 Å². The zero-order chi connectivity index (χ0) is 19.6. The van der Waals surface area contributed by atoms with E-state index in [4.69, 9.17) is 4.74 Å². The molecule has 8 heteroatoms. The van der Waals surface area contributed by atoms with Crippen LogP contribution in [0.1, 0.15) is 32.7 Å². The van der Waals surface area contributed by atoms with E-state index in [1.165, 1.54) is 29.9 Å². The number of hydrogen-bond acceptors (Lipinski definition) is 4. The Bertz CT molecular complexity index is 941. The molecular weight excluding hydrogens is 353 g/mol. The summed E-state index contributed by atoms with van der Waals surface area (Å²) in [5.74, 6) is -1.51. The first-order valence-electron chi connectivity index (χ1n) is 8.48. The van der Waals surface area contributed by atoms with Crippen LogP contribution in [0.5, 0.6) is 0 Å². The molecule has 1 saturated carbocycles. The second-order valence-electron chi connectivity index (χ2n) is 6.34. The molecular formula is C19H20FN3O4. The Hall–Kier alpha value is -3.00. The van der Waals surface area contributed by atoms with Crippen molar-refractivity contribution in [3.63, 3.8) is 0 Å². The number of pyridine rings is 1. The fourth-order valence-electron chi connectivity index (χ4n) is 2.82. The molecule has 0 radical (unpaired) electrons. The number of ether oxygens (including phenoxy) is 1. The highest BCUT2D eigenvalue weighted by molar-refractivity contribution is 5.99. The molecule has 27 heavy (non-hydrogen) atoms. The minimum atomic E-state index is -0.613. The van der Waals surface area contributed by atoms with Crippen molar-refractivity contribution in [2.45, 2.75) is 25.1 Å². The van der Waals surface area contributed by atoms with Gasteiger partial charge in [-0.05, 0) is 18.6 Å². The molecule has 2 aromatic rings. The monoisotopic (exact) mass is 373 g/mol. The van der Waals surface area contributed by atoms with Crippen molar-refractivity contribution < 1.29 is 18.7 Å². The highest BCUT2D eigenvalue weighted by Gasteiger charge is 2.38. The number of carbonyl (C=O) groups is 2. The molecule has 1 aromatic carbocycles. The van der Waals surface area contributed by atoms with Crippen LogP contribution in [0.2, 0.25) is 0 Å². The molecule has 2 N–H and O–H groups in total. The highest BCUT2D eigenvalue weighted by atomic mass is 19.1. The number of aromatic nitrogens is 1. The number of nitrogens with one attached hydrogen (secondary N) is 2. The predicted molar refractivity (Wildman–Crippen MR) is 96.3 cm³/mol. The fourth-order valence-corrected chi connectivity index (χ4v) is 2.82. The molecule has 0 aliphatic heterocycles. The molecule has 2 atom stereocenters. The summed E-state index contributed by atoms with van der Waals surface area (Å²) in [6.45, 7) is -0.0965. The molecule has 1 fully saturated rings. The molecule has 3 rings (SSSR count). The van der Waals surface area contributed by atoms with E-state index < -0.39 is 23.2 Å². The molecule has 1 aliphatic carbocycles. The van der Waals surface area contributed by atoms with Crippen molar-refractivity contribution in [3.05, 3.63) is 69.4 Å². The summed E-state index contributed by atoms with van der Waals surface area (Å²) in [6, 6.07) is 7.17. The van der Waals surface area contributed by atoms with Crippen LogP contribution in [0.15, 0.2) is 41.3 Å². The largest absolute Gasteiger partial charge is 0.379 e. The van der Waals surface area contributed by atoms with Gasteiger partial charge in [-0.2, -0.15) is 0 Å². The number of rotatable bonds is 6. The number of halogens is 1. The van der Waals surface area contributed by atoms with E-state index in [-0.39, 0.29) is 35.4 Å². The summed E-state index contributed by atoms with van der Waals surface area (Å²) >= 11 is 0. The smallest absolute Gasteiger partial charge is 0.263 e. The molecule has 1 aliphatic rings. The third-order valence-corrected chi connectivity index (χ3v) is 4.47. The van der Waals surface area contributed by atoms with Gasteiger partial charge in [0.2, 0.25) is 0 Å². The summed E-state index contributed by atoms with van der Waals surface area (Å²) in [7, 11) is 2.96. The highest BCUT2D eigenvalue weighted by Crippen LogP contribution is 2.24. The second kappa shape index (κ2) is 7.71. The average Bonchev–Trinajstić information content (AvgIpc) is 3.42. The molecule has 0 bridgehead atoms. The maximum atomic E-state index is 14.0. The van der Waals surface area contributed by atoms with Gasteiger partial charge in [0.1, 0.15) is 11.4 Å². The molecule has 7 nitrogen and oxygen atoms in total. The topological polar surface area (TPSA) is 89.4 Å². The first-order chi connectivity index (χ1) is 12.9.